The number of pyridine rings is 1. The Labute approximate surface area is 175 Å². The third-order valence-corrected chi connectivity index (χ3v) is 4.60. The molecule has 7 nitrogen and oxygen atoms in total. The van der Waals surface area contributed by atoms with Gasteiger partial charge in [-0.05, 0) is 54.2 Å². The Hall–Kier alpha value is -3.85. The van der Waals surface area contributed by atoms with Crippen LogP contribution in [0, 0.1) is 5.82 Å². The number of carboxylic acid groups (broad SMARTS) is 1. The minimum atomic E-state index is -1.12. The number of carbonyl (C=O) groups is 2. The molecule has 9 heteroatoms. The van der Waals surface area contributed by atoms with E-state index in [0.29, 0.717) is 22.6 Å². The maximum atomic E-state index is 13.1. The van der Waals surface area contributed by atoms with E-state index in [0.717, 1.165) is 0 Å². The van der Waals surface area contributed by atoms with Crippen LogP contribution in [0.25, 0.3) is 17.4 Å². The Morgan fingerprint density at radius 3 is 2.60 bits per heavy atom. The van der Waals surface area contributed by atoms with Gasteiger partial charge in [-0.15, -0.1) is 0 Å². The molecule has 1 saturated heterocycles. The van der Waals surface area contributed by atoms with Gasteiger partial charge < -0.3 is 14.3 Å². The Balaban J connectivity index is 1.51. The van der Waals surface area contributed by atoms with E-state index in [-0.39, 0.29) is 29.0 Å². The van der Waals surface area contributed by atoms with Crippen LogP contribution in [0.1, 0.15) is 21.8 Å². The van der Waals surface area contributed by atoms with Crippen LogP contribution < -0.4 is 0 Å². The summed E-state index contributed by atoms with van der Waals surface area (Å²) in [6.45, 7) is 0.153. The first kappa shape index (κ1) is 19.5. The molecular formula is C21H13FN2O5S. The summed E-state index contributed by atoms with van der Waals surface area (Å²) in [5.74, 6) is -1.13. The van der Waals surface area contributed by atoms with Crippen molar-refractivity contribution in [2.45, 2.75) is 6.54 Å². The number of nitrogens with zero attached hydrogens (tertiary/aromatic N) is 2. The summed E-state index contributed by atoms with van der Waals surface area (Å²) in [5, 5.41) is 8.91. The van der Waals surface area contributed by atoms with Gasteiger partial charge in [0, 0.05) is 17.8 Å². The number of hydrogen-bond acceptors (Lipinski definition) is 6. The molecule has 1 aromatic carbocycles. The van der Waals surface area contributed by atoms with Crippen LogP contribution in [-0.2, 0) is 16.1 Å². The van der Waals surface area contributed by atoms with Gasteiger partial charge in [-0.2, -0.15) is 0 Å². The van der Waals surface area contributed by atoms with E-state index in [1.807, 2.05) is 0 Å². The normalized spacial score (nSPS) is 15.0. The molecule has 3 aromatic rings. The molecular weight excluding hydrogens is 411 g/mol. The van der Waals surface area contributed by atoms with Crippen molar-refractivity contribution in [1.29, 1.82) is 0 Å². The number of benzene rings is 1. The summed E-state index contributed by atoms with van der Waals surface area (Å²) in [4.78, 5) is 28.6. The lowest BCUT2D eigenvalue weighted by Gasteiger charge is -2.12. The Morgan fingerprint density at radius 1 is 1.17 bits per heavy atom. The van der Waals surface area contributed by atoms with Crippen molar-refractivity contribution < 1.29 is 28.2 Å². The van der Waals surface area contributed by atoms with E-state index in [2.05, 4.69) is 4.98 Å². The fourth-order valence-electron chi connectivity index (χ4n) is 2.79. The van der Waals surface area contributed by atoms with E-state index in [4.69, 9.17) is 26.5 Å². The number of thiocarbonyl (C=S) groups is 1. The molecule has 1 N–H and O–H groups in total. The first-order valence-corrected chi connectivity index (χ1v) is 9.11. The molecule has 0 bridgehead atoms. The molecule has 0 unspecified atom stereocenters. The predicted octanol–water partition coefficient (Wildman–Crippen LogP) is 3.86. The number of halogens is 1. The highest BCUT2D eigenvalue weighted by molar-refractivity contribution is 7.80. The van der Waals surface area contributed by atoms with Gasteiger partial charge in [0.05, 0.1) is 6.54 Å². The molecule has 150 valence electrons. The van der Waals surface area contributed by atoms with Crippen molar-refractivity contribution in [2.24, 2.45) is 0 Å². The molecule has 1 aliphatic rings. The fraction of sp³-hybridized carbons (Fsp3) is 0.0476. The highest BCUT2D eigenvalue weighted by Crippen LogP contribution is 2.26. The monoisotopic (exact) mass is 424 g/mol. The van der Waals surface area contributed by atoms with Crippen molar-refractivity contribution in [3.05, 3.63) is 83.3 Å². The number of aromatic nitrogens is 1. The summed E-state index contributed by atoms with van der Waals surface area (Å²) in [5.41, 5.74) is 1.21. The van der Waals surface area contributed by atoms with Gasteiger partial charge in [-0.3, -0.25) is 9.69 Å². The lowest BCUT2D eigenvalue weighted by Crippen LogP contribution is -2.27. The summed E-state index contributed by atoms with van der Waals surface area (Å²) < 4.78 is 24.1. The van der Waals surface area contributed by atoms with Gasteiger partial charge in [0.1, 0.15) is 23.0 Å². The summed E-state index contributed by atoms with van der Waals surface area (Å²) in [6.07, 6.45) is 2.80. The van der Waals surface area contributed by atoms with Gasteiger partial charge in [-0.25, -0.2) is 14.2 Å². The average Bonchev–Trinajstić information content (AvgIpc) is 3.30. The van der Waals surface area contributed by atoms with E-state index in [1.54, 1.807) is 30.3 Å². The van der Waals surface area contributed by atoms with Gasteiger partial charge in [0.2, 0.25) is 0 Å². The molecule has 1 fully saturated rings. The number of carbonyl (C=O) groups excluding carboxylic acids is 1. The molecule has 1 aliphatic heterocycles. The number of carboxylic acids is 1. The van der Waals surface area contributed by atoms with Crippen LogP contribution in [0.15, 0.2) is 64.9 Å². The Morgan fingerprint density at radius 2 is 1.93 bits per heavy atom. The first-order chi connectivity index (χ1) is 14.4. The van der Waals surface area contributed by atoms with E-state index in [1.165, 1.54) is 35.4 Å². The van der Waals surface area contributed by atoms with Crippen molar-refractivity contribution in [2.75, 3.05) is 0 Å². The number of rotatable bonds is 5. The van der Waals surface area contributed by atoms with E-state index >= 15 is 0 Å². The van der Waals surface area contributed by atoms with Gasteiger partial charge in [-0.1, -0.05) is 12.1 Å². The Bertz CT molecular complexity index is 1170. The number of ether oxygens (including phenoxy) is 1. The largest absolute Gasteiger partial charge is 0.477 e. The molecule has 0 aliphatic carbocycles. The zero-order valence-corrected chi connectivity index (χ0v) is 16.1. The highest BCUT2D eigenvalue weighted by Gasteiger charge is 2.33. The van der Waals surface area contributed by atoms with Crippen LogP contribution in [0.5, 0.6) is 0 Å². The number of furan rings is 1. The molecule has 0 radical (unpaired) electrons. The number of hydrogen-bond donors (Lipinski definition) is 1. The lowest BCUT2D eigenvalue weighted by atomic mass is 10.2. The second kappa shape index (κ2) is 7.88. The number of amides is 1. The first-order valence-electron chi connectivity index (χ1n) is 8.70. The smallest absolute Gasteiger partial charge is 0.354 e. The summed E-state index contributed by atoms with van der Waals surface area (Å²) in [7, 11) is 0. The van der Waals surface area contributed by atoms with E-state index in [9.17, 15) is 14.0 Å². The topological polar surface area (TPSA) is 92.9 Å². The third-order valence-electron chi connectivity index (χ3n) is 4.29. The fourth-order valence-corrected chi connectivity index (χ4v) is 3.03. The second-order valence-corrected chi connectivity index (χ2v) is 6.68. The molecule has 2 aromatic heterocycles. The van der Waals surface area contributed by atoms with Crippen LogP contribution in [-0.4, -0.2) is 32.0 Å². The van der Waals surface area contributed by atoms with Crippen molar-refractivity contribution in [3.8, 4) is 11.3 Å². The zero-order valence-electron chi connectivity index (χ0n) is 15.2. The third kappa shape index (κ3) is 3.96. The quantitative estimate of drug-likeness (QED) is 0.491. The van der Waals surface area contributed by atoms with Crippen LogP contribution in [0.4, 0.5) is 4.39 Å². The molecule has 4 rings (SSSR count). The van der Waals surface area contributed by atoms with Crippen molar-refractivity contribution >= 4 is 35.3 Å². The van der Waals surface area contributed by atoms with Crippen molar-refractivity contribution in [1.82, 2.24) is 9.88 Å². The Kier molecular flexibility index (Phi) is 5.11. The van der Waals surface area contributed by atoms with Crippen LogP contribution >= 0.6 is 12.2 Å². The highest BCUT2D eigenvalue weighted by atomic mass is 32.1. The standard InChI is InChI=1S/C21H13FN2O5S/c22-14-4-1-12(2-5-14)11-24-19(25)18(29-21(24)30)9-15-6-8-17(28-15)13-3-7-16(20(26)27)23-10-13/h1-10H,11H2,(H,26,27). The minimum Gasteiger partial charge on any atom is -0.477 e. The van der Waals surface area contributed by atoms with Gasteiger partial charge >= 0.3 is 5.97 Å². The average molecular weight is 424 g/mol. The molecule has 30 heavy (non-hydrogen) atoms. The van der Waals surface area contributed by atoms with E-state index < -0.39 is 11.9 Å². The SMILES string of the molecule is O=C(O)c1ccc(-c2ccc(C=C3OC(=S)N(Cc4ccc(F)cc4)C3=O)o2)cn1. The molecule has 0 saturated carbocycles. The lowest BCUT2D eigenvalue weighted by molar-refractivity contribution is -0.123. The van der Waals surface area contributed by atoms with Crippen LogP contribution in [0.3, 0.4) is 0 Å². The zero-order chi connectivity index (χ0) is 21.3. The second-order valence-electron chi connectivity index (χ2n) is 6.33. The molecule has 0 atom stereocenters. The van der Waals surface area contributed by atoms with Gasteiger partial charge in [0.15, 0.2) is 5.76 Å². The van der Waals surface area contributed by atoms with Crippen molar-refractivity contribution in [3.63, 3.8) is 0 Å². The summed E-state index contributed by atoms with van der Waals surface area (Å²) in [6, 6.07) is 12.0. The maximum Gasteiger partial charge on any atom is 0.354 e. The number of aromatic carboxylic acids is 1. The maximum absolute atomic E-state index is 13.1. The predicted molar refractivity (Wildman–Crippen MR) is 108 cm³/mol. The summed E-state index contributed by atoms with van der Waals surface area (Å²) >= 11 is 5.13. The molecule has 1 amide bonds. The minimum absolute atomic E-state index is 0.00219. The van der Waals surface area contributed by atoms with Gasteiger partial charge in [0.25, 0.3) is 11.1 Å². The molecule has 3 heterocycles. The van der Waals surface area contributed by atoms with Crippen LogP contribution in [0.2, 0.25) is 0 Å². The molecule has 0 spiro atoms.